The number of hydrogen-bond acceptors (Lipinski definition) is 5. The molecule has 128 valence electrons. The summed E-state index contributed by atoms with van der Waals surface area (Å²) < 4.78 is 0. The lowest BCUT2D eigenvalue weighted by Crippen LogP contribution is -2.20. The summed E-state index contributed by atoms with van der Waals surface area (Å²) >= 11 is 0. The van der Waals surface area contributed by atoms with Crippen LogP contribution in [0.25, 0.3) is 0 Å². The van der Waals surface area contributed by atoms with E-state index in [9.17, 15) is 9.90 Å². The van der Waals surface area contributed by atoms with Gasteiger partial charge in [-0.25, -0.2) is 5.01 Å². The van der Waals surface area contributed by atoms with Crippen molar-refractivity contribution in [1.82, 2.24) is 5.01 Å². The molecule has 2 aromatic rings. The van der Waals surface area contributed by atoms with E-state index in [0.717, 1.165) is 24.8 Å². The Morgan fingerprint density at radius 3 is 2.44 bits per heavy atom. The van der Waals surface area contributed by atoms with Gasteiger partial charge in [-0.1, -0.05) is 17.4 Å². The first-order valence-corrected chi connectivity index (χ1v) is 8.05. The molecule has 1 N–H and O–H groups in total. The number of aryl methyl sites for hydroxylation is 1. The fraction of sp³-hybridized carbons (Fsp3) is 0.263. The third-order valence-electron chi connectivity index (χ3n) is 3.69. The van der Waals surface area contributed by atoms with Crippen molar-refractivity contribution < 1.29 is 9.90 Å². The Morgan fingerprint density at radius 2 is 1.80 bits per heavy atom. The maximum absolute atomic E-state index is 12.0. The highest BCUT2D eigenvalue weighted by molar-refractivity contribution is 5.75. The van der Waals surface area contributed by atoms with Crippen LogP contribution in [0.5, 0.6) is 5.75 Å². The zero-order chi connectivity index (χ0) is 18.1. The molecule has 0 radical (unpaired) electrons. The van der Waals surface area contributed by atoms with Gasteiger partial charge in [0, 0.05) is 13.5 Å². The second kappa shape index (κ2) is 9.18. The molecule has 0 fully saturated rings. The molecule has 6 nitrogen and oxygen atoms in total. The van der Waals surface area contributed by atoms with Gasteiger partial charge in [-0.2, -0.15) is 5.26 Å². The molecule has 0 atom stereocenters. The molecule has 0 unspecified atom stereocenters. The van der Waals surface area contributed by atoms with Crippen LogP contribution < -0.4 is 0 Å². The van der Waals surface area contributed by atoms with E-state index in [0.29, 0.717) is 17.7 Å². The number of nitriles is 1. The number of phenols is 1. The van der Waals surface area contributed by atoms with Gasteiger partial charge < -0.3 is 5.11 Å². The number of unbranched alkanes of at least 4 members (excludes halogenated alkanes) is 1. The van der Waals surface area contributed by atoms with Crippen molar-refractivity contribution in [3.05, 3.63) is 59.7 Å². The summed E-state index contributed by atoms with van der Waals surface area (Å²) in [4.78, 5) is 12.0. The summed E-state index contributed by atoms with van der Waals surface area (Å²) in [6.45, 7) is 0. The van der Waals surface area contributed by atoms with Crippen LogP contribution in [0.4, 0.5) is 5.69 Å². The van der Waals surface area contributed by atoms with Crippen LogP contribution >= 0.6 is 0 Å². The number of rotatable bonds is 7. The van der Waals surface area contributed by atoms with Gasteiger partial charge in [0.1, 0.15) is 5.75 Å². The highest BCUT2D eigenvalue weighted by atomic mass is 16.3. The first-order chi connectivity index (χ1) is 12.1. The second-order valence-electron chi connectivity index (χ2n) is 5.64. The van der Waals surface area contributed by atoms with Crippen molar-refractivity contribution in [2.45, 2.75) is 25.7 Å². The summed E-state index contributed by atoms with van der Waals surface area (Å²) in [7, 11) is 1.58. The molecule has 0 aliphatic heterocycles. The van der Waals surface area contributed by atoms with Crippen molar-refractivity contribution in [1.29, 1.82) is 5.26 Å². The van der Waals surface area contributed by atoms with Crippen LogP contribution in [0.1, 0.15) is 30.4 Å². The molecule has 0 aliphatic rings. The molecule has 2 aromatic carbocycles. The van der Waals surface area contributed by atoms with E-state index < -0.39 is 0 Å². The molecule has 0 heterocycles. The SMILES string of the molecule is CN(N=Nc1ccc(C#N)cc1)C(=O)CCCCc1ccc(O)cc1. The third kappa shape index (κ3) is 6.07. The molecule has 0 aromatic heterocycles. The molecule has 1 amide bonds. The Balaban J connectivity index is 1.73. The lowest BCUT2D eigenvalue weighted by molar-refractivity contribution is -0.130. The summed E-state index contributed by atoms with van der Waals surface area (Å²) in [6, 6.07) is 15.8. The zero-order valence-electron chi connectivity index (χ0n) is 14.1. The summed E-state index contributed by atoms with van der Waals surface area (Å²) in [5.74, 6) is 0.163. The van der Waals surface area contributed by atoms with Gasteiger partial charge in [-0.15, -0.1) is 5.11 Å². The maximum atomic E-state index is 12.0. The van der Waals surface area contributed by atoms with Crippen LogP contribution in [-0.2, 0) is 11.2 Å². The van der Waals surface area contributed by atoms with Crippen molar-refractivity contribution >= 4 is 11.6 Å². The first-order valence-electron chi connectivity index (χ1n) is 8.05. The van der Waals surface area contributed by atoms with Gasteiger partial charge >= 0.3 is 0 Å². The minimum atomic E-state index is -0.0944. The molecular formula is C19H20N4O2. The maximum Gasteiger partial charge on any atom is 0.243 e. The summed E-state index contributed by atoms with van der Waals surface area (Å²) in [5, 5.41) is 27.1. The van der Waals surface area contributed by atoms with Crippen LogP contribution in [0.15, 0.2) is 58.9 Å². The first kappa shape index (κ1) is 18.1. The van der Waals surface area contributed by atoms with Gasteiger partial charge in [-0.3, -0.25) is 4.79 Å². The smallest absolute Gasteiger partial charge is 0.243 e. The number of carbonyl (C=O) groups excluding carboxylic acids is 1. The molecule has 0 spiro atoms. The van der Waals surface area contributed by atoms with E-state index >= 15 is 0 Å². The fourth-order valence-electron chi connectivity index (χ4n) is 2.20. The highest BCUT2D eigenvalue weighted by Gasteiger charge is 2.07. The number of phenolic OH excluding ortho intramolecular Hbond substituents is 1. The highest BCUT2D eigenvalue weighted by Crippen LogP contribution is 2.15. The van der Waals surface area contributed by atoms with Crippen molar-refractivity contribution in [3.63, 3.8) is 0 Å². The molecular weight excluding hydrogens is 316 g/mol. The van der Waals surface area contributed by atoms with Crippen molar-refractivity contribution in [3.8, 4) is 11.8 Å². The molecule has 2 rings (SSSR count). The van der Waals surface area contributed by atoms with Crippen LogP contribution in [-0.4, -0.2) is 23.1 Å². The Kier molecular flexibility index (Phi) is 6.66. The van der Waals surface area contributed by atoms with Crippen LogP contribution in [0, 0.1) is 11.3 Å². The van der Waals surface area contributed by atoms with E-state index in [2.05, 4.69) is 10.3 Å². The predicted molar refractivity (Wildman–Crippen MR) is 94.1 cm³/mol. The average molecular weight is 336 g/mol. The van der Waals surface area contributed by atoms with E-state index in [-0.39, 0.29) is 11.7 Å². The van der Waals surface area contributed by atoms with Crippen molar-refractivity contribution in [2.24, 2.45) is 10.3 Å². The van der Waals surface area contributed by atoms with Crippen molar-refractivity contribution in [2.75, 3.05) is 7.05 Å². The normalized spacial score (nSPS) is 10.6. The van der Waals surface area contributed by atoms with Gasteiger partial charge in [0.2, 0.25) is 5.91 Å². The molecule has 0 bridgehead atoms. The minimum absolute atomic E-state index is 0.0944. The van der Waals surface area contributed by atoms with E-state index in [1.54, 1.807) is 43.4 Å². The molecule has 0 saturated heterocycles. The van der Waals surface area contributed by atoms with Gasteiger partial charge in [0.05, 0.1) is 17.3 Å². The largest absolute Gasteiger partial charge is 0.508 e. The monoisotopic (exact) mass is 336 g/mol. The average Bonchev–Trinajstić information content (AvgIpc) is 2.65. The number of carbonyl (C=O) groups is 1. The standard InChI is InChI=1S/C19H20N4O2/c1-23(22-21-17-10-6-16(14-20)7-11-17)19(25)5-3-2-4-15-8-12-18(24)13-9-15/h6-13,24H,2-5H2,1H3. The van der Waals surface area contributed by atoms with Gasteiger partial charge in [0.15, 0.2) is 0 Å². The van der Waals surface area contributed by atoms with E-state index in [1.807, 2.05) is 18.2 Å². The predicted octanol–water partition coefficient (Wildman–Crippen LogP) is 4.13. The Bertz CT molecular complexity index is 762. The van der Waals surface area contributed by atoms with Crippen LogP contribution in [0.2, 0.25) is 0 Å². The lowest BCUT2D eigenvalue weighted by Gasteiger charge is -2.09. The number of benzene rings is 2. The Labute approximate surface area is 147 Å². The topological polar surface area (TPSA) is 89.0 Å². The molecule has 6 heteroatoms. The molecule has 25 heavy (non-hydrogen) atoms. The minimum Gasteiger partial charge on any atom is -0.508 e. The summed E-state index contributed by atoms with van der Waals surface area (Å²) in [5.41, 5.74) is 2.28. The number of nitrogens with zero attached hydrogens (tertiary/aromatic N) is 4. The fourth-order valence-corrected chi connectivity index (χ4v) is 2.20. The number of amides is 1. The number of hydrogen-bond donors (Lipinski definition) is 1. The van der Waals surface area contributed by atoms with Gasteiger partial charge in [-0.05, 0) is 61.2 Å². The quantitative estimate of drug-likeness (QED) is 0.468. The Morgan fingerprint density at radius 1 is 1.12 bits per heavy atom. The number of aromatic hydroxyl groups is 1. The van der Waals surface area contributed by atoms with Crippen LogP contribution in [0.3, 0.4) is 0 Å². The summed E-state index contributed by atoms with van der Waals surface area (Å²) in [6.07, 6.45) is 2.92. The van der Waals surface area contributed by atoms with Gasteiger partial charge in [0.25, 0.3) is 0 Å². The zero-order valence-corrected chi connectivity index (χ0v) is 14.1. The van der Waals surface area contributed by atoms with E-state index in [4.69, 9.17) is 5.26 Å². The second-order valence-corrected chi connectivity index (χ2v) is 5.64. The molecule has 0 saturated carbocycles. The third-order valence-corrected chi connectivity index (χ3v) is 3.69. The Hall–Kier alpha value is -3.20. The molecule has 0 aliphatic carbocycles. The lowest BCUT2D eigenvalue weighted by atomic mass is 10.1. The van der Waals surface area contributed by atoms with E-state index in [1.165, 1.54) is 5.01 Å².